The molecule has 1 aliphatic rings. The third-order valence-electron chi connectivity index (χ3n) is 3.84. The number of aromatic nitrogens is 2. The van der Waals surface area contributed by atoms with Gasteiger partial charge in [0, 0.05) is 6.20 Å². The molecule has 4 heteroatoms. The van der Waals surface area contributed by atoms with Gasteiger partial charge in [-0.2, -0.15) is 5.10 Å². The van der Waals surface area contributed by atoms with Crippen LogP contribution in [0.3, 0.4) is 0 Å². The molecule has 0 unspecified atom stereocenters. The first-order valence-electron chi connectivity index (χ1n) is 6.96. The Bertz CT molecular complexity index is 535. The maximum atomic E-state index is 11.2. The van der Waals surface area contributed by atoms with Crippen LogP contribution in [0, 0.1) is 0 Å². The Morgan fingerprint density at radius 1 is 1.26 bits per heavy atom. The maximum absolute atomic E-state index is 11.2. The van der Waals surface area contributed by atoms with Crippen LogP contribution in [0.2, 0.25) is 0 Å². The molecule has 2 aromatic heterocycles. The van der Waals surface area contributed by atoms with Crippen LogP contribution in [0.4, 0.5) is 0 Å². The molecule has 19 heavy (non-hydrogen) atoms. The molecule has 2 heterocycles. The number of nitrogens with zero attached hydrogens (tertiary/aromatic N) is 2. The summed E-state index contributed by atoms with van der Waals surface area (Å²) in [6.07, 6.45) is 11.7. The summed E-state index contributed by atoms with van der Waals surface area (Å²) in [6.45, 7) is 0. The van der Waals surface area contributed by atoms with Gasteiger partial charge in [-0.05, 0) is 25.0 Å². The fraction of sp³-hybridized carbons (Fsp3) is 0.467. The van der Waals surface area contributed by atoms with Crippen molar-refractivity contribution < 1.29 is 9.21 Å². The van der Waals surface area contributed by atoms with E-state index in [9.17, 15) is 4.79 Å². The Morgan fingerprint density at radius 2 is 2.05 bits per heavy atom. The van der Waals surface area contributed by atoms with E-state index in [1.54, 1.807) is 6.26 Å². The highest BCUT2D eigenvalue weighted by atomic mass is 16.3. The van der Waals surface area contributed by atoms with Crippen molar-refractivity contribution in [2.24, 2.45) is 0 Å². The summed E-state index contributed by atoms with van der Waals surface area (Å²) >= 11 is 0. The molecule has 1 fully saturated rings. The van der Waals surface area contributed by atoms with Crippen LogP contribution in [-0.4, -0.2) is 16.1 Å². The summed E-state index contributed by atoms with van der Waals surface area (Å²) in [5.41, 5.74) is 1.27. The van der Waals surface area contributed by atoms with Crippen LogP contribution in [0.5, 0.6) is 0 Å². The van der Waals surface area contributed by atoms with Crippen LogP contribution in [0.25, 0.3) is 11.5 Å². The van der Waals surface area contributed by atoms with Crippen LogP contribution < -0.4 is 0 Å². The van der Waals surface area contributed by atoms with Crippen molar-refractivity contribution in [3.05, 3.63) is 30.2 Å². The molecule has 0 aliphatic heterocycles. The minimum atomic E-state index is 0.421. The molecule has 0 radical (unpaired) electrons. The van der Waals surface area contributed by atoms with Crippen molar-refractivity contribution in [1.82, 2.24) is 9.78 Å². The quantitative estimate of drug-likeness (QED) is 0.620. The molecular weight excluding hydrogens is 240 g/mol. The fourth-order valence-corrected chi connectivity index (χ4v) is 2.81. The van der Waals surface area contributed by atoms with Crippen LogP contribution in [-0.2, 0) is 0 Å². The first-order chi connectivity index (χ1) is 9.38. The molecule has 0 spiro atoms. The number of carbonyl (C=O) groups excluding carboxylic acids is 1. The zero-order valence-corrected chi connectivity index (χ0v) is 10.9. The molecule has 3 rings (SSSR count). The van der Waals surface area contributed by atoms with Gasteiger partial charge < -0.3 is 4.42 Å². The molecule has 0 aromatic carbocycles. The van der Waals surface area contributed by atoms with E-state index in [1.807, 2.05) is 23.0 Å². The minimum Gasteiger partial charge on any atom is -0.463 e. The average Bonchev–Trinajstić information content (AvgIpc) is 3.02. The van der Waals surface area contributed by atoms with Crippen molar-refractivity contribution in [2.75, 3.05) is 0 Å². The maximum Gasteiger partial charge on any atom is 0.154 e. The lowest BCUT2D eigenvalue weighted by Crippen LogP contribution is -2.08. The van der Waals surface area contributed by atoms with Gasteiger partial charge in [-0.15, -0.1) is 0 Å². The fourth-order valence-electron chi connectivity index (χ4n) is 2.81. The van der Waals surface area contributed by atoms with Gasteiger partial charge in [0.1, 0.15) is 5.69 Å². The van der Waals surface area contributed by atoms with E-state index in [4.69, 9.17) is 4.42 Å². The Kier molecular flexibility index (Phi) is 3.49. The summed E-state index contributed by atoms with van der Waals surface area (Å²) in [4.78, 5) is 11.2. The molecule has 4 nitrogen and oxygen atoms in total. The molecule has 0 N–H and O–H groups in total. The van der Waals surface area contributed by atoms with Gasteiger partial charge in [0.15, 0.2) is 12.0 Å². The van der Waals surface area contributed by atoms with Gasteiger partial charge in [-0.3, -0.25) is 9.48 Å². The highest BCUT2D eigenvalue weighted by molar-refractivity contribution is 5.83. The van der Waals surface area contributed by atoms with Crippen LogP contribution in [0.1, 0.15) is 54.9 Å². The SMILES string of the molecule is O=Cc1cn(C2CCCCCC2)nc1-c1ccco1. The van der Waals surface area contributed by atoms with E-state index in [0.717, 1.165) is 19.1 Å². The van der Waals surface area contributed by atoms with E-state index in [0.29, 0.717) is 23.1 Å². The average molecular weight is 258 g/mol. The lowest BCUT2D eigenvalue weighted by Gasteiger charge is -2.14. The second-order valence-electron chi connectivity index (χ2n) is 5.15. The summed E-state index contributed by atoms with van der Waals surface area (Å²) in [6, 6.07) is 4.08. The first kappa shape index (κ1) is 12.2. The van der Waals surface area contributed by atoms with Crippen molar-refractivity contribution in [2.45, 2.75) is 44.6 Å². The number of carbonyl (C=O) groups is 1. The standard InChI is InChI=1S/C15H18N2O2/c18-11-12-10-17(13-6-3-1-2-4-7-13)16-15(12)14-8-5-9-19-14/h5,8-11,13H,1-4,6-7H2. The smallest absolute Gasteiger partial charge is 0.154 e. The largest absolute Gasteiger partial charge is 0.463 e. The molecular formula is C15H18N2O2. The number of aldehydes is 1. The number of hydrogen-bond donors (Lipinski definition) is 0. The van der Waals surface area contributed by atoms with E-state index in [-0.39, 0.29) is 0 Å². The molecule has 0 bridgehead atoms. The molecule has 1 aliphatic carbocycles. The van der Waals surface area contributed by atoms with Crippen LogP contribution in [0.15, 0.2) is 29.0 Å². The van der Waals surface area contributed by atoms with Crippen molar-refractivity contribution in [3.8, 4) is 11.5 Å². The summed E-state index contributed by atoms with van der Waals surface area (Å²) < 4.78 is 7.32. The monoisotopic (exact) mass is 258 g/mol. The molecule has 2 aromatic rings. The Hall–Kier alpha value is -1.84. The van der Waals surface area contributed by atoms with Gasteiger partial charge in [0.2, 0.25) is 0 Å². The lowest BCUT2D eigenvalue weighted by atomic mass is 10.1. The molecule has 0 saturated heterocycles. The topological polar surface area (TPSA) is 48.0 Å². The third-order valence-corrected chi connectivity index (χ3v) is 3.84. The normalized spacial score (nSPS) is 17.3. The Morgan fingerprint density at radius 3 is 2.68 bits per heavy atom. The Balaban J connectivity index is 1.92. The highest BCUT2D eigenvalue weighted by Crippen LogP contribution is 2.29. The van der Waals surface area contributed by atoms with E-state index < -0.39 is 0 Å². The van der Waals surface area contributed by atoms with Crippen molar-refractivity contribution >= 4 is 6.29 Å². The third kappa shape index (κ3) is 2.48. The predicted octanol–water partition coefficient (Wildman–Crippen LogP) is 3.85. The summed E-state index contributed by atoms with van der Waals surface area (Å²) in [5.74, 6) is 0.662. The minimum absolute atomic E-state index is 0.421. The van der Waals surface area contributed by atoms with Crippen LogP contribution >= 0.6 is 0 Å². The van der Waals surface area contributed by atoms with Gasteiger partial charge >= 0.3 is 0 Å². The van der Waals surface area contributed by atoms with Gasteiger partial charge in [-0.25, -0.2) is 0 Å². The van der Waals surface area contributed by atoms with Gasteiger partial charge in [0.05, 0.1) is 17.9 Å². The second kappa shape index (κ2) is 5.43. The Labute approximate surface area is 112 Å². The number of hydrogen-bond acceptors (Lipinski definition) is 3. The highest BCUT2D eigenvalue weighted by Gasteiger charge is 2.19. The predicted molar refractivity (Wildman–Crippen MR) is 72.1 cm³/mol. The van der Waals surface area contributed by atoms with E-state index in [1.165, 1.54) is 25.7 Å². The first-order valence-corrected chi connectivity index (χ1v) is 6.96. The van der Waals surface area contributed by atoms with Gasteiger partial charge in [-0.1, -0.05) is 25.7 Å². The molecule has 100 valence electrons. The lowest BCUT2D eigenvalue weighted by molar-refractivity contribution is 0.112. The molecule has 0 amide bonds. The number of furan rings is 1. The van der Waals surface area contributed by atoms with E-state index in [2.05, 4.69) is 5.10 Å². The molecule has 1 saturated carbocycles. The van der Waals surface area contributed by atoms with Gasteiger partial charge in [0.25, 0.3) is 0 Å². The summed E-state index contributed by atoms with van der Waals surface area (Å²) in [5, 5.41) is 4.58. The van der Waals surface area contributed by atoms with Crippen molar-refractivity contribution in [1.29, 1.82) is 0 Å². The van der Waals surface area contributed by atoms with Crippen molar-refractivity contribution in [3.63, 3.8) is 0 Å². The second-order valence-corrected chi connectivity index (χ2v) is 5.15. The zero-order chi connectivity index (χ0) is 13.1. The van der Waals surface area contributed by atoms with E-state index >= 15 is 0 Å². The summed E-state index contributed by atoms with van der Waals surface area (Å²) in [7, 11) is 0. The zero-order valence-electron chi connectivity index (χ0n) is 10.9. The number of rotatable bonds is 3. The molecule has 0 atom stereocenters.